The standard InChI is InChI=1S/C15H15ClF3NO2/c16-13-5-3-10(8-12(13)15(17,18)19)4-6-14(22)20-7-1-2-11(21)9-20/h3-6,8,11,21H,1-2,7,9H2. The number of carbonyl (C=O) groups is 1. The van der Waals surface area contributed by atoms with Crippen LogP contribution < -0.4 is 0 Å². The summed E-state index contributed by atoms with van der Waals surface area (Å²) >= 11 is 5.53. The largest absolute Gasteiger partial charge is 0.417 e. The summed E-state index contributed by atoms with van der Waals surface area (Å²) in [6.07, 6.45) is -1.20. The highest BCUT2D eigenvalue weighted by Crippen LogP contribution is 2.35. The lowest BCUT2D eigenvalue weighted by Crippen LogP contribution is -2.41. The van der Waals surface area contributed by atoms with Crippen molar-refractivity contribution in [2.75, 3.05) is 13.1 Å². The number of benzene rings is 1. The van der Waals surface area contributed by atoms with E-state index in [9.17, 15) is 23.1 Å². The summed E-state index contributed by atoms with van der Waals surface area (Å²) in [4.78, 5) is 13.4. The smallest absolute Gasteiger partial charge is 0.391 e. The first-order valence-electron chi connectivity index (χ1n) is 6.79. The maximum Gasteiger partial charge on any atom is 0.417 e. The maximum atomic E-state index is 12.7. The topological polar surface area (TPSA) is 40.5 Å². The lowest BCUT2D eigenvalue weighted by Gasteiger charge is -2.29. The average molecular weight is 334 g/mol. The molecule has 1 unspecified atom stereocenters. The van der Waals surface area contributed by atoms with Crippen LogP contribution in [0.2, 0.25) is 5.02 Å². The summed E-state index contributed by atoms with van der Waals surface area (Å²) in [7, 11) is 0. The molecule has 3 nitrogen and oxygen atoms in total. The molecule has 1 heterocycles. The van der Waals surface area contributed by atoms with Crippen molar-refractivity contribution in [3.8, 4) is 0 Å². The molecular weight excluding hydrogens is 319 g/mol. The van der Waals surface area contributed by atoms with Gasteiger partial charge in [0.25, 0.3) is 0 Å². The average Bonchev–Trinajstić information content (AvgIpc) is 2.45. The van der Waals surface area contributed by atoms with Gasteiger partial charge in [0.1, 0.15) is 0 Å². The third-order valence-corrected chi connectivity index (χ3v) is 3.75. The number of halogens is 4. The zero-order valence-corrected chi connectivity index (χ0v) is 12.4. The molecule has 1 amide bonds. The lowest BCUT2D eigenvalue weighted by molar-refractivity contribution is -0.137. The normalized spacial score (nSPS) is 19.7. The molecule has 1 saturated heterocycles. The van der Waals surface area contributed by atoms with Gasteiger partial charge >= 0.3 is 6.18 Å². The first kappa shape index (κ1) is 16.8. The second-order valence-electron chi connectivity index (χ2n) is 5.15. The van der Waals surface area contributed by atoms with Gasteiger partial charge in [-0.3, -0.25) is 4.79 Å². The second kappa shape index (κ2) is 6.71. The molecule has 0 radical (unpaired) electrons. The molecule has 1 N–H and O–H groups in total. The van der Waals surface area contributed by atoms with Gasteiger partial charge in [0.15, 0.2) is 0 Å². The van der Waals surface area contributed by atoms with Crippen LogP contribution in [-0.4, -0.2) is 35.1 Å². The number of carbonyl (C=O) groups excluding carboxylic acids is 1. The molecule has 7 heteroatoms. The van der Waals surface area contributed by atoms with E-state index in [2.05, 4.69) is 0 Å². The Morgan fingerprint density at radius 1 is 1.41 bits per heavy atom. The number of piperidine rings is 1. The molecule has 120 valence electrons. The highest BCUT2D eigenvalue weighted by atomic mass is 35.5. The van der Waals surface area contributed by atoms with Crippen LogP contribution in [0.15, 0.2) is 24.3 Å². The number of rotatable bonds is 2. The summed E-state index contributed by atoms with van der Waals surface area (Å²) in [5.41, 5.74) is -0.695. The van der Waals surface area contributed by atoms with Crippen LogP contribution >= 0.6 is 11.6 Å². The fourth-order valence-electron chi connectivity index (χ4n) is 2.29. The monoisotopic (exact) mass is 333 g/mol. The number of aliphatic hydroxyl groups excluding tert-OH is 1. The molecule has 1 aliphatic heterocycles. The third-order valence-electron chi connectivity index (χ3n) is 3.42. The van der Waals surface area contributed by atoms with E-state index in [-0.39, 0.29) is 23.0 Å². The predicted molar refractivity (Wildman–Crippen MR) is 77.3 cm³/mol. The van der Waals surface area contributed by atoms with Gasteiger partial charge in [0.2, 0.25) is 5.91 Å². The van der Waals surface area contributed by atoms with Crippen molar-refractivity contribution in [3.63, 3.8) is 0 Å². The molecule has 0 saturated carbocycles. The van der Waals surface area contributed by atoms with Crippen LogP contribution in [-0.2, 0) is 11.0 Å². The van der Waals surface area contributed by atoms with E-state index in [1.54, 1.807) is 0 Å². The van der Waals surface area contributed by atoms with Crippen molar-refractivity contribution >= 4 is 23.6 Å². The molecule has 0 aromatic heterocycles. The van der Waals surface area contributed by atoms with Crippen molar-refractivity contribution in [2.24, 2.45) is 0 Å². The van der Waals surface area contributed by atoms with E-state index >= 15 is 0 Å². The van der Waals surface area contributed by atoms with Gasteiger partial charge < -0.3 is 10.0 Å². The van der Waals surface area contributed by atoms with E-state index < -0.39 is 17.8 Å². The molecule has 1 fully saturated rings. The summed E-state index contributed by atoms with van der Waals surface area (Å²) < 4.78 is 38.2. The SMILES string of the molecule is O=C(C=Cc1ccc(Cl)c(C(F)(F)F)c1)N1CCCC(O)C1. The van der Waals surface area contributed by atoms with Gasteiger partial charge in [0, 0.05) is 19.2 Å². The van der Waals surface area contributed by atoms with Crippen molar-refractivity contribution in [1.29, 1.82) is 0 Å². The van der Waals surface area contributed by atoms with E-state index in [0.717, 1.165) is 12.1 Å². The highest BCUT2D eigenvalue weighted by molar-refractivity contribution is 6.31. The van der Waals surface area contributed by atoms with E-state index in [0.29, 0.717) is 19.4 Å². The molecular formula is C15H15ClF3NO2. The van der Waals surface area contributed by atoms with Crippen molar-refractivity contribution in [3.05, 3.63) is 40.4 Å². The number of hydrogen-bond donors (Lipinski definition) is 1. The van der Waals surface area contributed by atoms with Gasteiger partial charge in [-0.05, 0) is 36.6 Å². The summed E-state index contributed by atoms with van der Waals surface area (Å²) in [5, 5.41) is 9.13. The number of amides is 1. The van der Waals surface area contributed by atoms with Crippen LogP contribution in [0.25, 0.3) is 6.08 Å². The Morgan fingerprint density at radius 2 is 2.14 bits per heavy atom. The lowest BCUT2D eigenvalue weighted by atomic mass is 10.1. The Labute approximate surface area is 131 Å². The minimum Gasteiger partial charge on any atom is -0.391 e. The zero-order valence-electron chi connectivity index (χ0n) is 11.6. The molecule has 0 spiro atoms. The Kier molecular flexibility index (Phi) is 5.13. The molecule has 1 atom stereocenters. The molecule has 2 rings (SSSR count). The van der Waals surface area contributed by atoms with Gasteiger partial charge in [-0.25, -0.2) is 0 Å². The fraction of sp³-hybridized carbons (Fsp3) is 0.400. The molecule has 0 aliphatic carbocycles. The number of likely N-dealkylation sites (tertiary alicyclic amines) is 1. The van der Waals surface area contributed by atoms with Crippen LogP contribution in [0.1, 0.15) is 24.0 Å². The zero-order chi connectivity index (χ0) is 16.3. The Hall–Kier alpha value is -1.53. The van der Waals surface area contributed by atoms with Gasteiger partial charge in [0.05, 0.1) is 16.7 Å². The van der Waals surface area contributed by atoms with E-state index in [1.807, 2.05) is 0 Å². The summed E-state index contributed by atoms with van der Waals surface area (Å²) in [6.45, 7) is 0.784. The molecule has 1 aliphatic rings. The maximum absolute atomic E-state index is 12.7. The number of alkyl halides is 3. The first-order chi connectivity index (χ1) is 10.3. The fourth-order valence-corrected chi connectivity index (χ4v) is 2.52. The molecule has 1 aromatic rings. The minimum atomic E-state index is -4.54. The predicted octanol–water partition coefficient (Wildman–Crippen LogP) is 3.36. The van der Waals surface area contributed by atoms with Crippen molar-refractivity contribution < 1.29 is 23.1 Å². The van der Waals surface area contributed by atoms with E-state index in [1.165, 1.54) is 23.1 Å². The first-order valence-corrected chi connectivity index (χ1v) is 7.17. The summed E-state index contributed by atoms with van der Waals surface area (Å²) in [5.74, 6) is -0.331. The van der Waals surface area contributed by atoms with Crippen LogP contribution in [0.4, 0.5) is 13.2 Å². The van der Waals surface area contributed by atoms with Crippen molar-refractivity contribution in [1.82, 2.24) is 4.90 Å². The van der Waals surface area contributed by atoms with Crippen LogP contribution in [0, 0.1) is 0 Å². The Bertz CT molecular complexity index is 587. The van der Waals surface area contributed by atoms with Crippen molar-refractivity contribution in [2.45, 2.75) is 25.1 Å². The van der Waals surface area contributed by atoms with E-state index in [4.69, 9.17) is 11.6 Å². The van der Waals surface area contributed by atoms with Gasteiger partial charge in [-0.2, -0.15) is 13.2 Å². The Balaban J connectivity index is 2.11. The second-order valence-corrected chi connectivity index (χ2v) is 5.56. The van der Waals surface area contributed by atoms with Gasteiger partial charge in [-0.15, -0.1) is 0 Å². The number of β-amino-alcohol motifs (C(OH)–C–C–N with tert-alkyl or cyclic N) is 1. The highest BCUT2D eigenvalue weighted by Gasteiger charge is 2.33. The van der Waals surface area contributed by atoms with Crippen LogP contribution in [0.3, 0.4) is 0 Å². The minimum absolute atomic E-state index is 0.239. The molecule has 0 bridgehead atoms. The summed E-state index contributed by atoms with van der Waals surface area (Å²) in [6, 6.07) is 3.46. The third kappa shape index (κ3) is 4.24. The Morgan fingerprint density at radius 3 is 2.77 bits per heavy atom. The number of nitrogens with zero attached hydrogens (tertiary/aromatic N) is 1. The molecule has 22 heavy (non-hydrogen) atoms. The quantitative estimate of drug-likeness (QED) is 0.843. The van der Waals surface area contributed by atoms with Gasteiger partial charge in [-0.1, -0.05) is 17.7 Å². The van der Waals surface area contributed by atoms with Crippen LogP contribution in [0.5, 0.6) is 0 Å². The number of hydrogen-bond acceptors (Lipinski definition) is 2. The number of aliphatic hydroxyl groups is 1. The molecule has 1 aromatic carbocycles.